The first kappa shape index (κ1) is 35.2. The highest BCUT2D eigenvalue weighted by atomic mass is 32.1. The van der Waals surface area contributed by atoms with Gasteiger partial charge >= 0.3 is 6.09 Å². The molecule has 0 spiro atoms. The molecule has 1 unspecified atom stereocenters. The van der Waals surface area contributed by atoms with Gasteiger partial charge in [0.2, 0.25) is 5.89 Å². The van der Waals surface area contributed by atoms with Gasteiger partial charge in [0.15, 0.2) is 0 Å². The Balaban J connectivity index is 1.31. The molecule has 11 nitrogen and oxygen atoms in total. The second-order valence-electron chi connectivity index (χ2n) is 13.9. The number of alkyl halides is 1. The van der Waals surface area contributed by atoms with Gasteiger partial charge in [-0.15, -0.1) is 11.3 Å². The fourth-order valence-electron chi connectivity index (χ4n) is 6.64. The topological polar surface area (TPSA) is 138 Å². The van der Waals surface area contributed by atoms with Crippen molar-refractivity contribution in [2.24, 2.45) is 0 Å². The summed E-state index contributed by atoms with van der Waals surface area (Å²) < 4.78 is 25.9. The molecule has 0 bridgehead atoms. The number of aliphatic hydroxyl groups excluding tert-OH is 1. The predicted octanol–water partition coefficient (Wildman–Crippen LogP) is 6.13. The van der Waals surface area contributed by atoms with E-state index in [-0.39, 0.29) is 48.4 Å². The summed E-state index contributed by atoms with van der Waals surface area (Å²) in [7, 11) is 0. The highest BCUT2D eigenvalue weighted by Crippen LogP contribution is 2.36. The summed E-state index contributed by atoms with van der Waals surface area (Å²) in [6.45, 7) is 7.38. The van der Waals surface area contributed by atoms with E-state index in [4.69, 9.17) is 9.15 Å². The molecule has 2 N–H and O–H groups in total. The van der Waals surface area contributed by atoms with Crippen molar-refractivity contribution >= 4 is 29.2 Å². The van der Waals surface area contributed by atoms with Gasteiger partial charge in [-0.3, -0.25) is 14.5 Å². The number of aromatic nitrogens is 2. The molecule has 0 saturated carbocycles. The van der Waals surface area contributed by atoms with Crippen LogP contribution >= 0.6 is 11.3 Å². The number of nitrogens with one attached hydrogen (secondary N) is 1. The van der Waals surface area contributed by atoms with Crippen molar-refractivity contribution in [1.82, 2.24) is 25.1 Å². The molecule has 50 heavy (non-hydrogen) atoms. The number of benzene rings is 2. The Kier molecular flexibility index (Phi) is 10.4. The van der Waals surface area contributed by atoms with Gasteiger partial charge in [0.05, 0.1) is 37.0 Å². The fourth-order valence-corrected chi connectivity index (χ4v) is 7.58. The second kappa shape index (κ2) is 14.7. The molecule has 13 heteroatoms. The van der Waals surface area contributed by atoms with E-state index in [0.29, 0.717) is 12.1 Å². The zero-order valence-electron chi connectivity index (χ0n) is 28.5. The molecular weight excluding hydrogens is 662 g/mol. The van der Waals surface area contributed by atoms with E-state index in [9.17, 15) is 23.9 Å². The van der Waals surface area contributed by atoms with Crippen molar-refractivity contribution in [3.8, 4) is 11.5 Å². The van der Waals surface area contributed by atoms with Crippen LogP contribution < -0.4 is 5.32 Å². The number of likely N-dealkylation sites (tertiary alicyclic amines) is 2. The maximum Gasteiger partial charge on any atom is 0.410 e. The van der Waals surface area contributed by atoms with Crippen molar-refractivity contribution < 1.29 is 33.0 Å². The van der Waals surface area contributed by atoms with Crippen molar-refractivity contribution in [3.05, 3.63) is 93.8 Å². The summed E-state index contributed by atoms with van der Waals surface area (Å²) in [5, 5.41) is 17.6. The number of oxazole rings is 1. The molecule has 3 amide bonds. The molecule has 2 aliphatic heterocycles. The number of nitrogens with zero attached hydrogens (tertiary/aromatic N) is 4. The van der Waals surface area contributed by atoms with Gasteiger partial charge < -0.3 is 24.5 Å². The van der Waals surface area contributed by atoms with E-state index in [2.05, 4.69) is 15.3 Å². The Morgan fingerprint density at radius 2 is 1.90 bits per heavy atom. The van der Waals surface area contributed by atoms with Crippen LogP contribution in [0.5, 0.6) is 0 Å². The molecule has 2 aromatic heterocycles. The third-order valence-electron chi connectivity index (χ3n) is 8.90. The van der Waals surface area contributed by atoms with Crippen molar-refractivity contribution in [3.63, 3.8) is 0 Å². The molecule has 6 rings (SSSR count). The first-order valence-corrected chi connectivity index (χ1v) is 17.7. The number of amides is 3. The number of hydrogen-bond donors (Lipinski definition) is 2. The minimum atomic E-state index is -1.37. The van der Waals surface area contributed by atoms with Gasteiger partial charge in [0.25, 0.3) is 11.8 Å². The zero-order chi connectivity index (χ0) is 35.6. The van der Waals surface area contributed by atoms with E-state index in [1.807, 2.05) is 42.6 Å². The van der Waals surface area contributed by atoms with Crippen LogP contribution in [0.25, 0.3) is 11.5 Å². The third kappa shape index (κ3) is 8.05. The van der Waals surface area contributed by atoms with E-state index in [1.54, 1.807) is 37.8 Å². The van der Waals surface area contributed by atoms with E-state index in [0.717, 1.165) is 29.1 Å². The number of carbonyl (C=O) groups is 3. The summed E-state index contributed by atoms with van der Waals surface area (Å²) in [5.41, 5.74) is 1.75. The van der Waals surface area contributed by atoms with Crippen molar-refractivity contribution in [1.29, 1.82) is 0 Å². The highest BCUT2D eigenvalue weighted by Gasteiger charge is 2.44. The van der Waals surface area contributed by atoms with Gasteiger partial charge in [0.1, 0.15) is 23.0 Å². The van der Waals surface area contributed by atoms with Crippen LogP contribution in [0, 0.1) is 6.92 Å². The maximum atomic E-state index is 14.9. The number of thiazole rings is 1. The number of ether oxygens (including phenoxy) is 1. The summed E-state index contributed by atoms with van der Waals surface area (Å²) in [6.07, 6.45) is 1.11. The Hall–Kier alpha value is -4.62. The fraction of sp³-hybridized carbons (Fsp3) is 0.432. The average Bonchev–Trinajstić information content (AvgIpc) is 3.91. The molecule has 2 fully saturated rings. The minimum absolute atomic E-state index is 0.116. The smallest absolute Gasteiger partial charge is 0.410 e. The highest BCUT2D eigenvalue weighted by molar-refractivity contribution is 7.09. The maximum absolute atomic E-state index is 14.9. The van der Waals surface area contributed by atoms with Gasteiger partial charge in [-0.1, -0.05) is 30.3 Å². The number of aryl methyl sites for hydroxylation is 1. The number of rotatable bonds is 9. The summed E-state index contributed by atoms with van der Waals surface area (Å²) in [6, 6.07) is 12.0. The lowest BCUT2D eigenvalue weighted by Gasteiger charge is -2.34. The monoisotopic (exact) mass is 703 g/mol. The lowest BCUT2D eigenvalue weighted by Crippen LogP contribution is -2.54. The van der Waals surface area contributed by atoms with Crippen LogP contribution in [0.2, 0.25) is 0 Å². The molecule has 4 aromatic rings. The van der Waals surface area contributed by atoms with Crippen LogP contribution in [-0.4, -0.2) is 85.8 Å². The van der Waals surface area contributed by atoms with Crippen LogP contribution in [-0.2, 0) is 11.2 Å². The Morgan fingerprint density at radius 3 is 2.58 bits per heavy atom. The molecular formula is C37H42FN5O6S. The molecule has 4 heterocycles. The molecule has 5 atom stereocenters. The van der Waals surface area contributed by atoms with Gasteiger partial charge in [-0.2, -0.15) is 0 Å². The zero-order valence-corrected chi connectivity index (χ0v) is 29.4. The first-order valence-electron chi connectivity index (χ1n) is 16.8. The average molecular weight is 704 g/mol. The van der Waals surface area contributed by atoms with E-state index >= 15 is 0 Å². The minimum Gasteiger partial charge on any atom is -0.445 e. The van der Waals surface area contributed by atoms with Crippen molar-refractivity contribution in [2.45, 2.75) is 89.4 Å². The number of halogens is 1. The summed E-state index contributed by atoms with van der Waals surface area (Å²) in [5.74, 6) is -0.591. The third-order valence-corrected chi connectivity index (χ3v) is 9.96. The van der Waals surface area contributed by atoms with Crippen LogP contribution in [0.4, 0.5) is 9.18 Å². The lowest BCUT2D eigenvalue weighted by molar-refractivity contribution is -0.00173. The van der Waals surface area contributed by atoms with Crippen LogP contribution in [0.3, 0.4) is 0 Å². The van der Waals surface area contributed by atoms with Gasteiger partial charge in [-0.25, -0.2) is 19.2 Å². The Labute approximate surface area is 294 Å². The van der Waals surface area contributed by atoms with Gasteiger partial charge in [0, 0.05) is 40.7 Å². The molecule has 0 radical (unpaired) electrons. The molecule has 2 aromatic carbocycles. The Bertz CT molecular complexity index is 1810. The SMILES string of the molecule is Cc1csc([C@H]2CCCN2C(=O)c2cc(C(=O)NC(Cc3ccccc3)[C@H](O)[C@@H]3C[C@H](F)CN3C(=O)OC(C)(C)C)cc(-c3ncco3)c2)n1. The summed E-state index contributed by atoms with van der Waals surface area (Å²) >= 11 is 1.52. The normalized spacial score (nSPS) is 20.5. The Morgan fingerprint density at radius 1 is 1.14 bits per heavy atom. The number of carbonyl (C=O) groups excluding carboxylic acids is 3. The molecule has 264 valence electrons. The largest absolute Gasteiger partial charge is 0.445 e. The van der Waals surface area contributed by atoms with E-state index < -0.39 is 42.0 Å². The predicted molar refractivity (Wildman–Crippen MR) is 185 cm³/mol. The first-order chi connectivity index (χ1) is 23.9. The lowest BCUT2D eigenvalue weighted by atomic mass is 9.94. The standard InChI is InChI=1S/C37H42FN5O6S/c1-22-21-50-34(40-22)29-11-8-13-42(29)35(46)26-17-24(16-25(18-26)33-39-12-14-48-33)32(45)41-28(15-23-9-6-5-7-10-23)31(44)30-19-27(38)20-43(30)36(47)49-37(2,3)4/h5-7,9-10,12,14,16-18,21,27-31,44H,8,11,13,15,19-20H2,1-4H3,(H,41,45)/t27-,28?,29+,30-,31-/m0/s1. The van der Waals surface area contributed by atoms with Crippen LogP contribution in [0.1, 0.15) is 83.1 Å². The van der Waals surface area contributed by atoms with Crippen molar-refractivity contribution in [2.75, 3.05) is 13.1 Å². The quantitative estimate of drug-likeness (QED) is 0.212. The van der Waals surface area contributed by atoms with E-state index in [1.165, 1.54) is 34.8 Å². The second-order valence-corrected chi connectivity index (χ2v) is 14.8. The number of hydrogen-bond acceptors (Lipinski definition) is 9. The van der Waals surface area contributed by atoms with Crippen LogP contribution in [0.15, 0.2) is 70.8 Å². The number of aliphatic hydroxyl groups is 1. The van der Waals surface area contributed by atoms with Gasteiger partial charge in [-0.05, 0) is 70.7 Å². The molecule has 0 aliphatic carbocycles. The summed E-state index contributed by atoms with van der Waals surface area (Å²) in [4.78, 5) is 53.2. The molecule has 2 aliphatic rings. The molecule has 2 saturated heterocycles.